The number of nitrogens with zero attached hydrogens (tertiary/aromatic N) is 1. The first-order valence-electron chi connectivity index (χ1n) is 6.39. The van der Waals surface area contributed by atoms with E-state index < -0.39 is 11.6 Å². The second-order valence-electron chi connectivity index (χ2n) is 4.83. The minimum Gasteiger partial charge on any atom is -0.508 e. The molecule has 0 aromatic heterocycles. The second-order valence-corrected chi connectivity index (χ2v) is 5.65. The summed E-state index contributed by atoms with van der Waals surface area (Å²) in [6.07, 6.45) is 0. The quantitative estimate of drug-likeness (QED) is 0.870. The van der Waals surface area contributed by atoms with Crippen LogP contribution in [0.1, 0.15) is 18.1 Å². The Kier molecular flexibility index (Phi) is 4.69. The fourth-order valence-corrected chi connectivity index (χ4v) is 2.60. The van der Waals surface area contributed by atoms with Gasteiger partial charge < -0.3 is 14.9 Å². The van der Waals surface area contributed by atoms with E-state index in [0.29, 0.717) is 0 Å². The molecule has 2 aromatic rings. The van der Waals surface area contributed by atoms with Gasteiger partial charge in [-0.15, -0.1) is 0 Å². The van der Waals surface area contributed by atoms with Crippen LogP contribution in [-0.2, 0) is 10.4 Å². The normalized spacial score (nSPS) is 13.0. The molecule has 2 aromatic carbocycles. The average Bonchev–Trinajstić information content (AvgIpc) is 2.46. The van der Waals surface area contributed by atoms with E-state index >= 15 is 0 Å². The van der Waals surface area contributed by atoms with Crippen LogP contribution in [0.5, 0.6) is 11.5 Å². The first-order chi connectivity index (χ1) is 10.8. The van der Waals surface area contributed by atoms with Crippen LogP contribution >= 0.6 is 23.2 Å². The predicted octanol–water partition coefficient (Wildman–Crippen LogP) is 3.95. The van der Waals surface area contributed by atoms with Crippen LogP contribution in [0.3, 0.4) is 0 Å². The van der Waals surface area contributed by atoms with Gasteiger partial charge in [0.1, 0.15) is 23.1 Å². The van der Waals surface area contributed by atoms with Crippen molar-refractivity contribution in [2.24, 2.45) is 0 Å². The Morgan fingerprint density at radius 3 is 2.48 bits per heavy atom. The number of carbonyl (C=O) groups is 1. The van der Waals surface area contributed by atoms with Crippen molar-refractivity contribution in [3.05, 3.63) is 57.6 Å². The fraction of sp³-hybridized carbons (Fsp3) is 0.125. The van der Waals surface area contributed by atoms with Crippen LogP contribution in [0, 0.1) is 11.3 Å². The van der Waals surface area contributed by atoms with Crippen molar-refractivity contribution in [1.29, 1.82) is 5.26 Å². The van der Waals surface area contributed by atoms with Crippen LogP contribution in [0.15, 0.2) is 36.4 Å². The van der Waals surface area contributed by atoms with Crippen LogP contribution in [0.4, 0.5) is 0 Å². The Balaban J connectivity index is 2.61. The van der Waals surface area contributed by atoms with E-state index in [9.17, 15) is 20.3 Å². The molecule has 0 heterocycles. The molecule has 0 radical (unpaired) electrons. The molecule has 7 heteroatoms. The zero-order valence-electron chi connectivity index (χ0n) is 11.9. The maximum atomic E-state index is 11.8. The molecule has 1 unspecified atom stereocenters. The number of nitriles is 1. The minimum absolute atomic E-state index is 0.0469. The number of aromatic hydroxyl groups is 1. The van der Waals surface area contributed by atoms with Crippen LogP contribution in [-0.4, -0.2) is 16.2 Å². The highest BCUT2D eigenvalue weighted by Gasteiger charge is 2.40. The van der Waals surface area contributed by atoms with E-state index in [1.807, 2.05) is 6.07 Å². The van der Waals surface area contributed by atoms with Gasteiger partial charge in [0.2, 0.25) is 5.60 Å². The standard InChI is InChI=1S/C16H11Cl2NO4/c1-16(15(21)22,11-4-2-3-5-12(11)17)23-14-7-9(20)6-13(18)10(14)8-19/h2-7,20H,1H3,(H,21,22). The molecule has 118 valence electrons. The van der Waals surface area contributed by atoms with Gasteiger partial charge in [-0.2, -0.15) is 5.26 Å². The molecule has 0 saturated heterocycles. The molecule has 0 spiro atoms. The molecule has 1 atom stereocenters. The van der Waals surface area contributed by atoms with Gasteiger partial charge in [0.05, 0.1) is 5.02 Å². The van der Waals surface area contributed by atoms with Gasteiger partial charge in [0.25, 0.3) is 0 Å². The van der Waals surface area contributed by atoms with E-state index in [1.165, 1.54) is 25.1 Å². The van der Waals surface area contributed by atoms with Gasteiger partial charge in [-0.05, 0) is 13.0 Å². The van der Waals surface area contributed by atoms with Gasteiger partial charge in [0.15, 0.2) is 0 Å². The lowest BCUT2D eigenvalue weighted by Crippen LogP contribution is -2.39. The first-order valence-corrected chi connectivity index (χ1v) is 7.15. The predicted molar refractivity (Wildman–Crippen MR) is 84.9 cm³/mol. The summed E-state index contributed by atoms with van der Waals surface area (Å²) in [5.41, 5.74) is -1.75. The van der Waals surface area contributed by atoms with Crippen molar-refractivity contribution < 1.29 is 19.7 Å². The number of hydrogen-bond acceptors (Lipinski definition) is 4. The largest absolute Gasteiger partial charge is 0.508 e. The lowest BCUT2D eigenvalue weighted by Gasteiger charge is -2.28. The SMILES string of the molecule is CC(Oc1cc(O)cc(Cl)c1C#N)(C(=O)O)c1ccccc1Cl. The number of carboxylic acids is 1. The van der Waals surface area contributed by atoms with Crippen molar-refractivity contribution in [2.75, 3.05) is 0 Å². The minimum atomic E-state index is -1.87. The van der Waals surface area contributed by atoms with Crippen molar-refractivity contribution in [3.8, 4) is 17.6 Å². The Morgan fingerprint density at radius 1 is 1.26 bits per heavy atom. The summed E-state index contributed by atoms with van der Waals surface area (Å²) >= 11 is 12.0. The molecule has 0 bridgehead atoms. The zero-order valence-corrected chi connectivity index (χ0v) is 13.4. The van der Waals surface area contributed by atoms with E-state index in [2.05, 4.69) is 0 Å². The van der Waals surface area contributed by atoms with E-state index in [-0.39, 0.29) is 32.7 Å². The average molecular weight is 352 g/mol. The smallest absolute Gasteiger partial charge is 0.352 e. The number of carboxylic acid groups (broad SMARTS) is 1. The van der Waals surface area contributed by atoms with Crippen molar-refractivity contribution in [2.45, 2.75) is 12.5 Å². The van der Waals surface area contributed by atoms with Crippen molar-refractivity contribution in [3.63, 3.8) is 0 Å². The Bertz CT molecular complexity index is 816. The third-order valence-corrected chi connectivity index (χ3v) is 3.89. The van der Waals surface area contributed by atoms with E-state index in [1.54, 1.807) is 12.1 Å². The Hall–Kier alpha value is -2.42. The molecule has 0 aliphatic carbocycles. The summed E-state index contributed by atoms with van der Waals surface area (Å²) in [5.74, 6) is -1.72. The molecule has 0 aliphatic rings. The van der Waals surface area contributed by atoms with E-state index in [0.717, 1.165) is 6.07 Å². The fourth-order valence-electron chi connectivity index (χ4n) is 2.04. The van der Waals surface area contributed by atoms with Gasteiger partial charge in [0, 0.05) is 22.7 Å². The molecule has 5 nitrogen and oxygen atoms in total. The number of benzene rings is 2. The van der Waals surface area contributed by atoms with Gasteiger partial charge >= 0.3 is 5.97 Å². The Morgan fingerprint density at radius 2 is 1.91 bits per heavy atom. The van der Waals surface area contributed by atoms with Crippen molar-refractivity contribution >= 4 is 29.2 Å². The second kappa shape index (κ2) is 6.37. The van der Waals surface area contributed by atoms with Gasteiger partial charge in [-0.1, -0.05) is 41.4 Å². The van der Waals surface area contributed by atoms with Gasteiger partial charge in [-0.25, -0.2) is 4.79 Å². The summed E-state index contributed by atoms with van der Waals surface area (Å²) in [5, 5.41) is 28.6. The number of ether oxygens (including phenoxy) is 1. The first kappa shape index (κ1) is 16.9. The molecule has 2 rings (SSSR count). The number of halogens is 2. The summed E-state index contributed by atoms with van der Waals surface area (Å²) in [7, 11) is 0. The third kappa shape index (κ3) is 3.19. The van der Waals surface area contributed by atoms with Gasteiger partial charge in [-0.3, -0.25) is 0 Å². The summed E-state index contributed by atoms with van der Waals surface area (Å²) in [4.78, 5) is 11.8. The third-order valence-electron chi connectivity index (χ3n) is 3.26. The summed E-state index contributed by atoms with van der Waals surface area (Å²) in [6, 6.07) is 10.4. The molecular weight excluding hydrogens is 341 g/mol. The summed E-state index contributed by atoms with van der Waals surface area (Å²) < 4.78 is 5.56. The maximum absolute atomic E-state index is 11.8. The lowest BCUT2D eigenvalue weighted by atomic mass is 9.95. The molecular formula is C16H11Cl2NO4. The highest BCUT2D eigenvalue weighted by molar-refractivity contribution is 6.32. The molecule has 0 fully saturated rings. The molecule has 23 heavy (non-hydrogen) atoms. The van der Waals surface area contributed by atoms with Crippen LogP contribution < -0.4 is 4.74 Å². The monoisotopic (exact) mass is 351 g/mol. The zero-order chi connectivity index (χ0) is 17.2. The number of phenolic OH excluding ortho intramolecular Hbond substituents is 1. The van der Waals surface area contributed by atoms with E-state index in [4.69, 9.17) is 27.9 Å². The Labute approximate surface area is 142 Å². The number of hydrogen-bond donors (Lipinski definition) is 2. The number of aliphatic carboxylic acids is 1. The highest BCUT2D eigenvalue weighted by atomic mass is 35.5. The number of rotatable bonds is 4. The molecule has 0 amide bonds. The lowest BCUT2D eigenvalue weighted by molar-refractivity contribution is -0.154. The van der Waals surface area contributed by atoms with Crippen LogP contribution in [0.25, 0.3) is 0 Å². The molecule has 0 saturated carbocycles. The molecule has 0 aliphatic heterocycles. The highest BCUT2D eigenvalue weighted by Crippen LogP contribution is 2.38. The maximum Gasteiger partial charge on any atom is 0.352 e. The molecule has 2 N–H and O–H groups in total. The van der Waals surface area contributed by atoms with Crippen LogP contribution in [0.2, 0.25) is 10.0 Å². The van der Waals surface area contributed by atoms with Crippen molar-refractivity contribution in [1.82, 2.24) is 0 Å². The number of phenols is 1. The topological polar surface area (TPSA) is 90.5 Å². The summed E-state index contributed by atoms with van der Waals surface area (Å²) in [6.45, 7) is 1.30.